The van der Waals surface area contributed by atoms with Gasteiger partial charge in [-0.3, -0.25) is 9.59 Å². The molecule has 4 heteroatoms. The third kappa shape index (κ3) is 3.10. The Morgan fingerprint density at radius 3 is 2.45 bits per heavy atom. The molecule has 5 unspecified atom stereocenters. The lowest BCUT2D eigenvalue weighted by atomic mass is 9.59. The van der Waals surface area contributed by atoms with Crippen LogP contribution in [0, 0.1) is 23.7 Å². The standard InChI is InChI=1S/C25H28O4/c1-14(2)23-21-13-18(29-17-8-6-5-7-9-17)12-19-20(10-15(3)24(19)27)25(21,28)16(4)11-22(23)26/h5-10,13,16,19-21,28H,11-12H2,1-4H3. The number of fused-ring (bicyclic) bond motifs is 3. The van der Waals surface area contributed by atoms with E-state index in [9.17, 15) is 14.7 Å². The van der Waals surface area contributed by atoms with Gasteiger partial charge in [-0.05, 0) is 50.5 Å². The maximum absolute atomic E-state index is 13.0. The van der Waals surface area contributed by atoms with Crippen LogP contribution in [0.15, 0.2) is 65.0 Å². The fourth-order valence-electron chi connectivity index (χ4n) is 5.39. The Morgan fingerprint density at radius 1 is 1.10 bits per heavy atom. The molecule has 3 aliphatic carbocycles. The van der Waals surface area contributed by atoms with E-state index in [1.54, 1.807) is 0 Å². The number of benzene rings is 1. The number of carbonyl (C=O) groups is 2. The van der Waals surface area contributed by atoms with Gasteiger partial charge in [-0.2, -0.15) is 0 Å². The number of ether oxygens (including phenoxy) is 1. The first-order valence-electron chi connectivity index (χ1n) is 10.3. The van der Waals surface area contributed by atoms with Crippen molar-refractivity contribution in [1.29, 1.82) is 0 Å². The molecule has 0 heterocycles. The van der Waals surface area contributed by atoms with Crippen LogP contribution in [0.3, 0.4) is 0 Å². The summed E-state index contributed by atoms with van der Waals surface area (Å²) < 4.78 is 6.16. The van der Waals surface area contributed by atoms with Gasteiger partial charge in [0, 0.05) is 36.2 Å². The van der Waals surface area contributed by atoms with Crippen LogP contribution >= 0.6 is 0 Å². The van der Waals surface area contributed by atoms with Crippen molar-refractivity contribution < 1.29 is 19.4 Å². The van der Waals surface area contributed by atoms with Gasteiger partial charge in [0.1, 0.15) is 11.5 Å². The van der Waals surface area contributed by atoms with Crippen molar-refractivity contribution in [2.24, 2.45) is 23.7 Å². The second-order valence-electron chi connectivity index (χ2n) is 8.91. The van der Waals surface area contributed by atoms with Crippen molar-refractivity contribution in [3.63, 3.8) is 0 Å². The molecular formula is C25H28O4. The molecule has 4 rings (SSSR count). The van der Waals surface area contributed by atoms with Crippen molar-refractivity contribution in [3.05, 3.63) is 65.0 Å². The fourth-order valence-corrected chi connectivity index (χ4v) is 5.39. The smallest absolute Gasteiger partial charge is 0.162 e. The number of Topliss-reactive ketones (excluding diaryl/α,β-unsaturated/α-hetero) is 2. The molecule has 0 saturated heterocycles. The number of carbonyl (C=O) groups excluding carboxylic acids is 2. The first-order valence-corrected chi connectivity index (χ1v) is 10.3. The summed E-state index contributed by atoms with van der Waals surface area (Å²) in [6.07, 6.45) is 4.54. The molecule has 1 aromatic carbocycles. The number of hydrogen-bond donors (Lipinski definition) is 1. The van der Waals surface area contributed by atoms with Crippen LogP contribution in [0.5, 0.6) is 5.75 Å². The normalized spacial score (nSPS) is 34.0. The minimum Gasteiger partial charge on any atom is -0.462 e. The van der Waals surface area contributed by atoms with Gasteiger partial charge in [-0.15, -0.1) is 0 Å². The summed E-state index contributed by atoms with van der Waals surface area (Å²) in [7, 11) is 0. The summed E-state index contributed by atoms with van der Waals surface area (Å²) in [6, 6.07) is 9.44. The fraction of sp³-hybridized carbons (Fsp3) is 0.440. The van der Waals surface area contributed by atoms with Crippen LogP contribution < -0.4 is 4.74 Å². The lowest BCUT2D eigenvalue weighted by molar-refractivity contribution is -0.138. The van der Waals surface area contributed by atoms with Gasteiger partial charge in [0.2, 0.25) is 0 Å². The minimum absolute atomic E-state index is 0.0643. The molecule has 4 nitrogen and oxygen atoms in total. The van der Waals surface area contributed by atoms with Crippen LogP contribution in [0.4, 0.5) is 0 Å². The number of para-hydroxylation sites is 1. The number of allylic oxidation sites excluding steroid dienone is 3. The third-order valence-electron chi connectivity index (χ3n) is 6.82. The van der Waals surface area contributed by atoms with Crippen LogP contribution in [0.2, 0.25) is 0 Å². The maximum atomic E-state index is 13.0. The molecule has 152 valence electrons. The van der Waals surface area contributed by atoms with Crippen molar-refractivity contribution >= 4 is 11.6 Å². The van der Waals surface area contributed by atoms with E-state index in [1.807, 2.05) is 70.2 Å². The van der Waals surface area contributed by atoms with E-state index in [-0.39, 0.29) is 29.3 Å². The molecule has 1 fully saturated rings. The van der Waals surface area contributed by atoms with Gasteiger partial charge >= 0.3 is 0 Å². The van der Waals surface area contributed by atoms with Gasteiger partial charge in [-0.1, -0.05) is 36.8 Å². The molecule has 0 spiro atoms. The predicted octanol–water partition coefficient (Wildman–Crippen LogP) is 4.41. The average molecular weight is 392 g/mol. The van der Waals surface area contributed by atoms with Crippen molar-refractivity contribution in [3.8, 4) is 5.75 Å². The zero-order valence-electron chi connectivity index (χ0n) is 17.4. The highest BCUT2D eigenvalue weighted by molar-refractivity contribution is 6.01. The second kappa shape index (κ2) is 7.10. The zero-order chi connectivity index (χ0) is 20.9. The predicted molar refractivity (Wildman–Crippen MR) is 111 cm³/mol. The number of rotatable bonds is 2. The molecule has 3 aliphatic rings. The molecule has 29 heavy (non-hydrogen) atoms. The Balaban J connectivity index is 1.88. The first kappa shape index (κ1) is 19.8. The van der Waals surface area contributed by atoms with Gasteiger partial charge in [-0.25, -0.2) is 0 Å². The van der Waals surface area contributed by atoms with Crippen molar-refractivity contribution in [1.82, 2.24) is 0 Å². The summed E-state index contributed by atoms with van der Waals surface area (Å²) in [4.78, 5) is 25.9. The maximum Gasteiger partial charge on any atom is 0.162 e. The number of ketones is 2. The Labute approximate surface area is 172 Å². The topological polar surface area (TPSA) is 63.6 Å². The van der Waals surface area contributed by atoms with Crippen LogP contribution in [0.25, 0.3) is 0 Å². The Bertz CT molecular complexity index is 948. The van der Waals surface area contributed by atoms with Crippen molar-refractivity contribution in [2.45, 2.75) is 46.1 Å². The quantitative estimate of drug-likeness (QED) is 0.758. The molecule has 0 amide bonds. The second-order valence-corrected chi connectivity index (χ2v) is 8.91. The molecule has 5 atom stereocenters. The van der Waals surface area contributed by atoms with Gasteiger partial charge < -0.3 is 9.84 Å². The summed E-state index contributed by atoms with van der Waals surface area (Å²) >= 11 is 0. The van der Waals surface area contributed by atoms with E-state index in [0.29, 0.717) is 35.5 Å². The SMILES string of the molecule is CC1=CC2C(CC(Oc3ccccc3)=CC3C(=C(C)C)C(=O)CC(C)C32O)C1=O. The van der Waals surface area contributed by atoms with Crippen molar-refractivity contribution in [2.75, 3.05) is 0 Å². The minimum atomic E-state index is -1.19. The lowest BCUT2D eigenvalue weighted by Gasteiger charge is -2.48. The van der Waals surface area contributed by atoms with Gasteiger partial charge in [0.05, 0.1) is 5.60 Å². The summed E-state index contributed by atoms with van der Waals surface area (Å²) in [6.45, 7) is 7.57. The molecule has 1 aromatic rings. The van der Waals surface area contributed by atoms with Crippen LogP contribution in [0.1, 0.15) is 40.5 Å². The summed E-state index contributed by atoms with van der Waals surface area (Å²) in [5, 5.41) is 12.1. The van der Waals surface area contributed by atoms with E-state index < -0.39 is 11.5 Å². The monoisotopic (exact) mass is 392 g/mol. The number of hydrogen-bond acceptors (Lipinski definition) is 4. The number of aliphatic hydroxyl groups is 1. The first-order chi connectivity index (χ1) is 13.7. The zero-order valence-corrected chi connectivity index (χ0v) is 17.4. The van der Waals surface area contributed by atoms with E-state index in [0.717, 1.165) is 5.57 Å². The molecule has 1 saturated carbocycles. The van der Waals surface area contributed by atoms with Crippen LogP contribution in [-0.2, 0) is 9.59 Å². The molecule has 0 aromatic heterocycles. The van der Waals surface area contributed by atoms with Crippen LogP contribution in [-0.4, -0.2) is 22.3 Å². The summed E-state index contributed by atoms with van der Waals surface area (Å²) in [5.41, 5.74) is 1.06. The molecular weight excluding hydrogens is 364 g/mol. The van der Waals surface area contributed by atoms with E-state index >= 15 is 0 Å². The third-order valence-corrected chi connectivity index (χ3v) is 6.82. The van der Waals surface area contributed by atoms with E-state index in [4.69, 9.17) is 4.74 Å². The average Bonchev–Trinajstić information content (AvgIpc) is 2.88. The molecule has 1 N–H and O–H groups in total. The lowest BCUT2D eigenvalue weighted by Crippen LogP contribution is -2.55. The van der Waals surface area contributed by atoms with E-state index in [2.05, 4.69) is 0 Å². The Morgan fingerprint density at radius 2 is 1.79 bits per heavy atom. The molecule has 0 radical (unpaired) electrons. The molecule has 0 bridgehead atoms. The van der Waals surface area contributed by atoms with E-state index in [1.165, 1.54) is 0 Å². The summed E-state index contributed by atoms with van der Waals surface area (Å²) in [5.74, 6) is 0.0272. The van der Waals surface area contributed by atoms with Gasteiger partial charge in [0.15, 0.2) is 11.6 Å². The highest BCUT2D eigenvalue weighted by Gasteiger charge is 2.58. The Kier molecular flexibility index (Phi) is 4.86. The Hall–Kier alpha value is -2.46. The molecule has 0 aliphatic heterocycles. The van der Waals surface area contributed by atoms with Gasteiger partial charge in [0.25, 0.3) is 0 Å². The highest BCUT2D eigenvalue weighted by atomic mass is 16.5. The largest absolute Gasteiger partial charge is 0.462 e. The highest BCUT2D eigenvalue weighted by Crippen LogP contribution is 2.54.